The first-order chi connectivity index (χ1) is 8.90. The van der Waals surface area contributed by atoms with Gasteiger partial charge in [-0.3, -0.25) is 10.1 Å². The van der Waals surface area contributed by atoms with Gasteiger partial charge in [-0.25, -0.2) is 9.78 Å². The van der Waals surface area contributed by atoms with E-state index in [-0.39, 0.29) is 23.1 Å². The molecule has 1 aromatic heterocycles. The summed E-state index contributed by atoms with van der Waals surface area (Å²) in [5, 5.41) is 11.0. The molecule has 0 spiro atoms. The quantitative estimate of drug-likeness (QED) is 0.815. The average molecular weight is 281 g/mol. The van der Waals surface area contributed by atoms with Gasteiger partial charge in [0.2, 0.25) is 0 Å². The Labute approximate surface area is 114 Å². The zero-order chi connectivity index (χ0) is 14.2. The number of hydrogen-bond acceptors (Lipinski definition) is 4. The number of carbonyl (C=O) groups excluding carboxylic acids is 1. The Morgan fingerprint density at radius 3 is 2.47 bits per heavy atom. The lowest BCUT2D eigenvalue weighted by Gasteiger charge is -2.26. The molecule has 19 heavy (non-hydrogen) atoms. The maximum atomic E-state index is 12.5. The van der Waals surface area contributed by atoms with Crippen LogP contribution in [-0.4, -0.2) is 39.1 Å². The Bertz CT molecular complexity index is 540. The summed E-state index contributed by atoms with van der Waals surface area (Å²) in [5.41, 5.74) is 0.546. The summed E-state index contributed by atoms with van der Waals surface area (Å²) in [6, 6.07) is 0.0831. The topological polar surface area (TPSA) is 82.5 Å². The van der Waals surface area contributed by atoms with Gasteiger partial charge in [-0.1, -0.05) is 23.5 Å². The molecule has 0 bridgehead atoms. The Morgan fingerprint density at radius 1 is 1.37 bits per heavy atom. The monoisotopic (exact) mass is 281 g/mol. The predicted octanol–water partition coefficient (Wildman–Crippen LogP) is 2.33. The highest BCUT2D eigenvalue weighted by Crippen LogP contribution is 2.27. The van der Waals surface area contributed by atoms with Crippen LogP contribution >= 0.6 is 11.3 Å². The lowest BCUT2D eigenvalue weighted by atomic mass is 10.2. The molecule has 0 aliphatic carbocycles. The third kappa shape index (κ3) is 2.60. The predicted molar refractivity (Wildman–Crippen MR) is 72.7 cm³/mol. The van der Waals surface area contributed by atoms with Crippen LogP contribution in [0.1, 0.15) is 29.2 Å². The normalized spacial score (nSPS) is 21.7. The molecule has 1 aliphatic rings. The molecule has 1 aromatic rings. The molecule has 7 heteroatoms. The van der Waals surface area contributed by atoms with E-state index >= 15 is 0 Å². The fourth-order valence-corrected chi connectivity index (χ4v) is 3.01. The molecule has 2 amide bonds. The van der Waals surface area contributed by atoms with Crippen molar-refractivity contribution < 1.29 is 14.7 Å². The number of nitrogens with one attached hydrogen (secondary N) is 1. The maximum absolute atomic E-state index is 12.5. The lowest BCUT2D eigenvalue weighted by molar-refractivity contribution is 0.0713. The van der Waals surface area contributed by atoms with Crippen LogP contribution in [0.4, 0.5) is 9.93 Å². The number of nitrogens with zero attached hydrogens (tertiary/aromatic N) is 2. The summed E-state index contributed by atoms with van der Waals surface area (Å²) in [4.78, 5) is 29.3. The van der Waals surface area contributed by atoms with Crippen molar-refractivity contribution in [2.24, 2.45) is 0 Å². The van der Waals surface area contributed by atoms with E-state index in [0.717, 1.165) is 11.3 Å². The highest BCUT2D eigenvalue weighted by molar-refractivity contribution is 7.17. The van der Waals surface area contributed by atoms with Crippen LogP contribution in [0, 0.1) is 6.92 Å². The van der Waals surface area contributed by atoms with Gasteiger partial charge < -0.3 is 10.0 Å². The molecule has 2 heterocycles. The summed E-state index contributed by atoms with van der Waals surface area (Å²) < 4.78 is 0. The zero-order valence-corrected chi connectivity index (χ0v) is 11.7. The van der Waals surface area contributed by atoms with Gasteiger partial charge in [0.05, 0.1) is 5.69 Å². The molecule has 102 valence electrons. The van der Waals surface area contributed by atoms with Crippen molar-refractivity contribution in [1.29, 1.82) is 0 Å². The number of rotatable bonds is 2. The van der Waals surface area contributed by atoms with Gasteiger partial charge in [-0.15, -0.1) is 0 Å². The summed E-state index contributed by atoms with van der Waals surface area (Å²) >= 11 is 1.06. The first kappa shape index (κ1) is 13.5. The highest BCUT2D eigenvalue weighted by Gasteiger charge is 2.30. The highest BCUT2D eigenvalue weighted by atomic mass is 32.1. The van der Waals surface area contributed by atoms with Crippen LogP contribution in [0.2, 0.25) is 0 Å². The Morgan fingerprint density at radius 2 is 1.95 bits per heavy atom. The third-order valence-corrected chi connectivity index (χ3v) is 4.05. The molecule has 0 saturated carbocycles. The van der Waals surface area contributed by atoms with Crippen molar-refractivity contribution in [3.8, 4) is 0 Å². The van der Waals surface area contributed by atoms with Crippen LogP contribution in [0.5, 0.6) is 0 Å². The minimum atomic E-state index is -1.18. The van der Waals surface area contributed by atoms with Gasteiger partial charge >= 0.3 is 6.09 Å². The van der Waals surface area contributed by atoms with E-state index in [1.165, 1.54) is 0 Å². The first-order valence-corrected chi connectivity index (χ1v) is 6.70. The molecule has 0 saturated heterocycles. The molecule has 1 aliphatic heterocycles. The van der Waals surface area contributed by atoms with Gasteiger partial charge in [0, 0.05) is 12.1 Å². The number of thiazole rings is 1. The van der Waals surface area contributed by atoms with Crippen molar-refractivity contribution >= 4 is 28.5 Å². The maximum Gasteiger partial charge on any atom is 0.410 e. The number of carbonyl (C=O) groups is 2. The van der Waals surface area contributed by atoms with Gasteiger partial charge in [0.15, 0.2) is 5.13 Å². The molecule has 2 rings (SSSR count). The van der Waals surface area contributed by atoms with E-state index in [1.807, 2.05) is 26.0 Å². The molecule has 6 nitrogen and oxygen atoms in total. The van der Waals surface area contributed by atoms with Crippen LogP contribution in [0.15, 0.2) is 12.2 Å². The van der Waals surface area contributed by atoms with Gasteiger partial charge in [0.1, 0.15) is 4.88 Å². The van der Waals surface area contributed by atoms with Gasteiger partial charge in [-0.05, 0) is 20.8 Å². The number of aryl methyl sites for hydroxylation is 1. The van der Waals surface area contributed by atoms with Crippen LogP contribution < -0.4 is 5.32 Å². The second-order valence-electron chi connectivity index (χ2n) is 4.44. The van der Waals surface area contributed by atoms with E-state index in [9.17, 15) is 9.59 Å². The van der Waals surface area contributed by atoms with Crippen LogP contribution in [-0.2, 0) is 0 Å². The molecule has 2 N–H and O–H groups in total. The summed E-state index contributed by atoms with van der Waals surface area (Å²) in [7, 11) is 0. The zero-order valence-electron chi connectivity index (χ0n) is 10.9. The first-order valence-electron chi connectivity index (χ1n) is 5.88. The van der Waals surface area contributed by atoms with Crippen molar-refractivity contribution in [3.05, 3.63) is 22.7 Å². The largest absolute Gasteiger partial charge is 0.465 e. The summed E-state index contributed by atoms with van der Waals surface area (Å²) in [5.74, 6) is -0.113. The second kappa shape index (κ2) is 5.00. The molecule has 2 unspecified atom stereocenters. The van der Waals surface area contributed by atoms with Gasteiger partial charge in [0.25, 0.3) is 5.91 Å². The number of hydrogen-bond donors (Lipinski definition) is 2. The van der Waals surface area contributed by atoms with Gasteiger partial charge in [-0.2, -0.15) is 0 Å². The van der Waals surface area contributed by atoms with E-state index < -0.39 is 6.09 Å². The Balaban J connectivity index is 2.24. The van der Waals surface area contributed by atoms with E-state index in [2.05, 4.69) is 10.3 Å². The van der Waals surface area contributed by atoms with Crippen LogP contribution in [0.25, 0.3) is 0 Å². The van der Waals surface area contributed by atoms with Crippen LogP contribution in [0.3, 0.4) is 0 Å². The molecular weight excluding hydrogens is 266 g/mol. The molecule has 0 fully saturated rings. The summed E-state index contributed by atoms with van der Waals surface area (Å²) in [6.45, 7) is 5.60. The molecule has 0 aromatic carbocycles. The standard InChI is InChI=1S/C12H15N3O3S/c1-6-4-5-7(2)15(6)10(16)9-8(3)13-11(19-9)14-12(17)18/h4-7H,1-3H3,(H,13,14)(H,17,18). The van der Waals surface area contributed by atoms with Crippen molar-refractivity contribution in [2.45, 2.75) is 32.9 Å². The van der Waals surface area contributed by atoms with Crippen molar-refractivity contribution in [3.63, 3.8) is 0 Å². The smallest absolute Gasteiger partial charge is 0.410 e. The minimum absolute atomic E-state index is 0.0416. The molecular formula is C12H15N3O3S. The SMILES string of the molecule is Cc1nc(NC(=O)O)sc1C(=O)N1C(C)C=CC1C. The minimum Gasteiger partial charge on any atom is -0.465 e. The van der Waals surface area contributed by atoms with Crippen molar-refractivity contribution in [2.75, 3.05) is 5.32 Å². The fourth-order valence-electron chi connectivity index (χ4n) is 2.10. The molecule has 2 atom stereocenters. The number of carboxylic acid groups (broad SMARTS) is 1. The molecule has 0 radical (unpaired) electrons. The summed E-state index contributed by atoms with van der Waals surface area (Å²) in [6.07, 6.45) is 2.78. The Hall–Kier alpha value is -1.89. The lowest BCUT2D eigenvalue weighted by Crippen LogP contribution is -2.39. The second-order valence-corrected chi connectivity index (χ2v) is 5.44. The van der Waals surface area contributed by atoms with E-state index in [1.54, 1.807) is 11.8 Å². The number of amides is 2. The average Bonchev–Trinajstić information content (AvgIpc) is 2.81. The van der Waals surface area contributed by atoms with Crippen molar-refractivity contribution in [1.82, 2.24) is 9.88 Å². The van der Waals surface area contributed by atoms with E-state index in [0.29, 0.717) is 10.6 Å². The third-order valence-electron chi connectivity index (χ3n) is 2.98. The Kier molecular flexibility index (Phi) is 3.57. The number of aromatic nitrogens is 1. The van der Waals surface area contributed by atoms with E-state index in [4.69, 9.17) is 5.11 Å². The fraction of sp³-hybridized carbons (Fsp3) is 0.417. The number of anilines is 1.